The molecule has 0 heterocycles. The van der Waals surface area contributed by atoms with Gasteiger partial charge in [0.25, 0.3) is 5.91 Å². The van der Waals surface area contributed by atoms with E-state index in [1.54, 1.807) is 24.3 Å². The van der Waals surface area contributed by atoms with Crippen LogP contribution in [0.3, 0.4) is 0 Å². The first-order valence-corrected chi connectivity index (χ1v) is 6.21. The van der Waals surface area contributed by atoms with Crippen LogP contribution >= 0.6 is 34.8 Å². The molecule has 100 valence electrons. The summed E-state index contributed by atoms with van der Waals surface area (Å²) in [5.74, 6) is -0.0422. The lowest BCUT2D eigenvalue weighted by Crippen LogP contribution is -2.28. The number of aryl methyl sites for hydroxylation is 1. The van der Waals surface area contributed by atoms with Gasteiger partial charge in [-0.15, -0.1) is 0 Å². The van der Waals surface area contributed by atoms with E-state index in [9.17, 15) is 4.79 Å². The number of carbonyl (C=O) groups is 1. The molecule has 0 unspecified atom stereocenters. The zero-order valence-corrected chi connectivity index (χ0v) is 12.1. The lowest BCUT2D eigenvalue weighted by Gasteiger charge is -2.08. The monoisotopic (exact) mass is 318 g/mol. The van der Waals surface area contributed by atoms with Crippen LogP contribution in [0.5, 0.6) is 5.75 Å². The quantitative estimate of drug-likeness (QED) is 0.866. The van der Waals surface area contributed by atoms with E-state index in [-0.39, 0.29) is 16.8 Å². The van der Waals surface area contributed by atoms with Gasteiger partial charge in [-0.05, 0) is 30.7 Å². The first kappa shape index (κ1) is 15.6. The van der Waals surface area contributed by atoms with Gasteiger partial charge in [-0.1, -0.05) is 34.8 Å². The first-order chi connectivity index (χ1) is 8.93. The molecule has 1 amide bonds. The molecule has 1 N–H and O–H groups in total. The highest BCUT2D eigenvalue weighted by Crippen LogP contribution is 2.20. The molecular weight excluding hydrogens is 311 g/mol. The van der Waals surface area contributed by atoms with Crippen molar-refractivity contribution in [3.05, 3.63) is 39.0 Å². The van der Waals surface area contributed by atoms with Gasteiger partial charge in [0.1, 0.15) is 16.3 Å². The second kappa shape index (κ2) is 7.25. The summed E-state index contributed by atoms with van der Waals surface area (Å²) >= 11 is 16.7. The Kier molecular flexibility index (Phi) is 5.97. The van der Waals surface area contributed by atoms with E-state index in [1.807, 2.05) is 6.92 Å². The molecule has 0 aromatic heterocycles. The third kappa shape index (κ3) is 4.99. The van der Waals surface area contributed by atoms with E-state index in [0.29, 0.717) is 10.8 Å². The number of rotatable bonds is 4. The molecule has 1 rings (SSSR count). The van der Waals surface area contributed by atoms with Crippen LogP contribution in [0, 0.1) is 18.3 Å². The molecule has 4 nitrogen and oxygen atoms in total. The highest BCUT2D eigenvalue weighted by atomic mass is 35.5. The number of nitriles is 1. The number of hydrogen-bond donors (Lipinski definition) is 1. The van der Waals surface area contributed by atoms with Crippen LogP contribution in [0.2, 0.25) is 5.02 Å². The molecule has 7 heteroatoms. The summed E-state index contributed by atoms with van der Waals surface area (Å²) in [6, 6.07) is 6.66. The van der Waals surface area contributed by atoms with Gasteiger partial charge in [-0.3, -0.25) is 4.79 Å². The molecule has 0 spiro atoms. The van der Waals surface area contributed by atoms with Crippen molar-refractivity contribution < 1.29 is 9.53 Å². The van der Waals surface area contributed by atoms with Crippen molar-refractivity contribution in [1.82, 2.24) is 5.32 Å². The summed E-state index contributed by atoms with van der Waals surface area (Å²) in [5, 5.41) is 11.5. The molecule has 0 atom stereocenters. The van der Waals surface area contributed by atoms with Crippen molar-refractivity contribution in [1.29, 1.82) is 5.26 Å². The van der Waals surface area contributed by atoms with Gasteiger partial charge in [0.2, 0.25) is 0 Å². The largest absolute Gasteiger partial charge is 0.484 e. The fourth-order valence-corrected chi connectivity index (χ4v) is 1.45. The van der Waals surface area contributed by atoms with Crippen molar-refractivity contribution in [3.63, 3.8) is 0 Å². The molecule has 0 fully saturated rings. The maximum Gasteiger partial charge on any atom is 0.262 e. The third-order valence-electron chi connectivity index (χ3n) is 2.06. The van der Waals surface area contributed by atoms with Gasteiger partial charge in [0.05, 0.1) is 0 Å². The number of nitrogens with one attached hydrogen (secondary N) is 1. The van der Waals surface area contributed by atoms with Gasteiger partial charge >= 0.3 is 0 Å². The van der Waals surface area contributed by atoms with Crippen LogP contribution < -0.4 is 10.1 Å². The van der Waals surface area contributed by atoms with Crippen molar-refractivity contribution in [3.8, 4) is 11.8 Å². The van der Waals surface area contributed by atoms with Gasteiger partial charge in [-0.2, -0.15) is 5.26 Å². The van der Waals surface area contributed by atoms with Crippen molar-refractivity contribution in [2.45, 2.75) is 6.92 Å². The van der Waals surface area contributed by atoms with E-state index >= 15 is 0 Å². The maximum absolute atomic E-state index is 11.5. The molecule has 0 aliphatic rings. The lowest BCUT2D eigenvalue weighted by atomic mass is 10.2. The normalized spacial score (nSPS) is 9.42. The average Bonchev–Trinajstić information content (AvgIpc) is 2.37. The number of halogens is 3. The minimum atomic E-state index is -0.539. The molecule has 0 aliphatic heterocycles. The Balaban J connectivity index is 2.58. The number of carbonyl (C=O) groups excluding carboxylic acids is 1. The van der Waals surface area contributed by atoms with E-state index in [1.165, 1.54) is 0 Å². The highest BCUT2D eigenvalue weighted by Gasteiger charge is 2.08. The Morgan fingerprint density at radius 1 is 1.47 bits per heavy atom. The van der Waals surface area contributed by atoms with Crippen LogP contribution in [0.15, 0.2) is 28.4 Å². The fraction of sp³-hybridized carbons (Fsp3) is 0.167. The Bertz CT molecular complexity index is 561. The summed E-state index contributed by atoms with van der Waals surface area (Å²) in [4.78, 5) is 11.5. The third-order valence-corrected chi connectivity index (χ3v) is 2.87. The first-order valence-electron chi connectivity index (χ1n) is 5.08. The highest BCUT2D eigenvalue weighted by molar-refractivity contribution is 6.56. The SMILES string of the molecule is Cc1cc(OCC(=O)NC(C#N)=C(Cl)Cl)ccc1Cl. The number of hydrogen-bond acceptors (Lipinski definition) is 3. The minimum Gasteiger partial charge on any atom is -0.484 e. The lowest BCUT2D eigenvalue weighted by molar-refractivity contribution is -0.122. The summed E-state index contributed by atoms with van der Waals surface area (Å²) in [5.41, 5.74) is 0.616. The zero-order chi connectivity index (χ0) is 14.4. The number of amides is 1. The molecule has 1 aromatic rings. The molecule has 19 heavy (non-hydrogen) atoms. The summed E-state index contributed by atoms with van der Waals surface area (Å²) in [6.07, 6.45) is 0. The van der Waals surface area contributed by atoms with Crippen molar-refractivity contribution in [2.24, 2.45) is 0 Å². The molecule has 0 bridgehead atoms. The minimum absolute atomic E-state index is 0.218. The summed E-state index contributed by atoms with van der Waals surface area (Å²) < 4.78 is 4.93. The van der Waals surface area contributed by atoms with E-state index in [4.69, 9.17) is 44.8 Å². The van der Waals surface area contributed by atoms with Crippen LogP contribution in [0.25, 0.3) is 0 Å². The fourth-order valence-electron chi connectivity index (χ4n) is 1.15. The predicted octanol–water partition coefficient (Wildman–Crippen LogP) is 3.31. The van der Waals surface area contributed by atoms with E-state index in [0.717, 1.165) is 5.56 Å². The number of allylic oxidation sites excluding steroid dienone is 1. The van der Waals surface area contributed by atoms with Gasteiger partial charge in [0.15, 0.2) is 12.3 Å². The topological polar surface area (TPSA) is 62.1 Å². The second-order valence-electron chi connectivity index (χ2n) is 3.50. The number of benzene rings is 1. The second-order valence-corrected chi connectivity index (χ2v) is 4.85. The average molecular weight is 320 g/mol. The standard InChI is InChI=1S/C12H9Cl3N2O2/c1-7-4-8(2-3-9(7)13)19-6-11(18)17-10(5-16)12(14)15/h2-4H,6H2,1H3,(H,17,18). The molecule has 0 aliphatic carbocycles. The Morgan fingerprint density at radius 2 is 2.16 bits per heavy atom. The van der Waals surface area contributed by atoms with Crippen LogP contribution in [0.4, 0.5) is 0 Å². The van der Waals surface area contributed by atoms with Crippen molar-refractivity contribution >= 4 is 40.7 Å². The molecule has 0 saturated carbocycles. The molecular formula is C12H9Cl3N2O2. The number of ether oxygens (including phenoxy) is 1. The van der Waals surface area contributed by atoms with Crippen LogP contribution in [0.1, 0.15) is 5.56 Å². The summed E-state index contributed by atoms with van der Waals surface area (Å²) in [6.45, 7) is 1.55. The van der Waals surface area contributed by atoms with Gasteiger partial charge in [-0.25, -0.2) is 0 Å². The Morgan fingerprint density at radius 3 is 2.68 bits per heavy atom. The molecule has 0 saturated heterocycles. The number of nitrogens with zero attached hydrogens (tertiary/aromatic N) is 1. The predicted molar refractivity (Wildman–Crippen MR) is 74.2 cm³/mol. The van der Waals surface area contributed by atoms with Crippen LogP contribution in [-0.4, -0.2) is 12.5 Å². The van der Waals surface area contributed by atoms with E-state index < -0.39 is 5.91 Å². The summed E-state index contributed by atoms with van der Waals surface area (Å²) in [7, 11) is 0. The molecule has 0 radical (unpaired) electrons. The van der Waals surface area contributed by atoms with Crippen LogP contribution in [-0.2, 0) is 4.79 Å². The van der Waals surface area contributed by atoms with Gasteiger partial charge in [0, 0.05) is 5.02 Å². The van der Waals surface area contributed by atoms with Crippen molar-refractivity contribution in [2.75, 3.05) is 6.61 Å². The Labute approximate surface area is 125 Å². The Hall–Kier alpha value is -1.41. The zero-order valence-electron chi connectivity index (χ0n) is 9.84. The van der Waals surface area contributed by atoms with Gasteiger partial charge < -0.3 is 10.1 Å². The maximum atomic E-state index is 11.5. The smallest absolute Gasteiger partial charge is 0.262 e. The molecule has 1 aromatic carbocycles. The van der Waals surface area contributed by atoms with E-state index in [2.05, 4.69) is 5.32 Å².